The summed E-state index contributed by atoms with van der Waals surface area (Å²) in [6, 6.07) is 0. The minimum atomic E-state index is -1.29. The van der Waals surface area contributed by atoms with Gasteiger partial charge >= 0.3 is 0 Å². The zero-order chi connectivity index (χ0) is 7.78. The number of aliphatic hydroxyl groups is 1. The molecule has 1 aliphatic carbocycles. The minimum Gasteiger partial charge on any atom is -0.372 e. The third kappa shape index (κ3) is 1.40. The van der Waals surface area contributed by atoms with E-state index in [-0.39, 0.29) is 0 Å². The average molecular weight is 244 g/mol. The number of alkyl halides is 2. The van der Waals surface area contributed by atoms with Crippen molar-refractivity contribution in [3.63, 3.8) is 0 Å². The van der Waals surface area contributed by atoms with Crippen LogP contribution in [0.3, 0.4) is 0 Å². The molecule has 0 aromatic heterocycles. The molecule has 0 fully saturated rings. The summed E-state index contributed by atoms with van der Waals surface area (Å²) < 4.78 is -1.29. The van der Waals surface area contributed by atoms with Crippen LogP contribution in [-0.4, -0.2) is 15.0 Å². The first-order valence-electron chi connectivity index (χ1n) is 2.65. The molecule has 0 saturated heterocycles. The number of allylic oxidation sites excluding steroid dienone is 2. The second-order valence-electron chi connectivity index (χ2n) is 1.97. The Morgan fingerprint density at radius 2 is 2.30 bits per heavy atom. The van der Waals surface area contributed by atoms with E-state index in [1.165, 1.54) is 0 Å². The van der Waals surface area contributed by atoms with Crippen LogP contribution in [0.4, 0.5) is 0 Å². The van der Waals surface area contributed by atoms with Gasteiger partial charge in [-0.1, -0.05) is 23.8 Å². The molecule has 2 atom stereocenters. The van der Waals surface area contributed by atoms with Crippen molar-refractivity contribution in [3.8, 4) is 0 Å². The van der Waals surface area contributed by atoms with Gasteiger partial charge in [-0.25, -0.2) is 0 Å². The van der Waals surface area contributed by atoms with Crippen LogP contribution in [0, 0.1) is 0 Å². The van der Waals surface area contributed by atoms with Crippen LogP contribution >= 0.6 is 39.1 Å². The Hall–Kier alpha value is 0.500. The lowest BCUT2D eigenvalue weighted by Crippen LogP contribution is -2.32. The molecule has 0 heterocycles. The standard InChI is InChI=1S/C6H5BrCl2O/c7-6(10)4(8)2-1-3-5(6)9/h1-4,10H. The van der Waals surface area contributed by atoms with Crippen molar-refractivity contribution < 1.29 is 5.11 Å². The summed E-state index contributed by atoms with van der Waals surface area (Å²) >= 11 is 14.3. The second-order valence-corrected chi connectivity index (χ2v) is 4.06. The van der Waals surface area contributed by atoms with E-state index in [4.69, 9.17) is 23.2 Å². The van der Waals surface area contributed by atoms with E-state index in [1.807, 2.05) is 0 Å². The molecule has 0 spiro atoms. The quantitative estimate of drug-likeness (QED) is 0.648. The Morgan fingerprint density at radius 3 is 2.70 bits per heavy atom. The average Bonchev–Trinajstić information content (AvgIpc) is 1.84. The first-order valence-corrected chi connectivity index (χ1v) is 4.25. The summed E-state index contributed by atoms with van der Waals surface area (Å²) in [6.07, 6.45) is 4.95. The summed E-state index contributed by atoms with van der Waals surface area (Å²) in [5, 5.41) is 9.24. The predicted molar refractivity (Wildman–Crippen MR) is 46.6 cm³/mol. The lowest BCUT2D eigenvalue weighted by molar-refractivity contribution is 0.196. The summed E-state index contributed by atoms with van der Waals surface area (Å²) in [5.41, 5.74) is 0. The zero-order valence-electron chi connectivity index (χ0n) is 4.89. The van der Waals surface area contributed by atoms with Gasteiger partial charge in [-0.05, 0) is 22.0 Å². The van der Waals surface area contributed by atoms with Crippen molar-refractivity contribution >= 4 is 39.1 Å². The molecule has 0 aromatic rings. The van der Waals surface area contributed by atoms with E-state index in [2.05, 4.69) is 15.9 Å². The van der Waals surface area contributed by atoms with E-state index in [0.29, 0.717) is 5.03 Å². The van der Waals surface area contributed by atoms with Gasteiger partial charge in [-0.2, -0.15) is 0 Å². The summed E-state index contributed by atoms with van der Waals surface area (Å²) in [6.45, 7) is 0. The Bertz CT molecular complexity index is 198. The summed E-state index contributed by atoms with van der Waals surface area (Å²) in [5.74, 6) is 0. The smallest absolute Gasteiger partial charge is 0.175 e. The fourth-order valence-corrected chi connectivity index (χ4v) is 1.35. The maximum atomic E-state index is 9.44. The van der Waals surface area contributed by atoms with Crippen LogP contribution in [0.25, 0.3) is 0 Å². The fraction of sp³-hybridized carbons (Fsp3) is 0.333. The van der Waals surface area contributed by atoms with Crippen LogP contribution in [-0.2, 0) is 0 Å². The van der Waals surface area contributed by atoms with E-state index in [0.717, 1.165) is 0 Å². The Labute approximate surface area is 77.4 Å². The lowest BCUT2D eigenvalue weighted by atomic mass is 10.1. The SMILES string of the molecule is OC1(Br)C(Cl)=CC=CC1Cl. The van der Waals surface area contributed by atoms with E-state index in [9.17, 15) is 5.11 Å². The van der Waals surface area contributed by atoms with Gasteiger partial charge in [0, 0.05) is 0 Å². The molecular weight excluding hydrogens is 239 g/mol. The topological polar surface area (TPSA) is 20.2 Å². The Morgan fingerprint density at radius 1 is 1.70 bits per heavy atom. The maximum Gasteiger partial charge on any atom is 0.175 e. The molecule has 1 rings (SSSR count). The van der Waals surface area contributed by atoms with Crippen LogP contribution in [0.1, 0.15) is 0 Å². The van der Waals surface area contributed by atoms with Gasteiger partial charge in [0.05, 0.1) is 10.4 Å². The van der Waals surface area contributed by atoms with E-state index in [1.54, 1.807) is 18.2 Å². The van der Waals surface area contributed by atoms with Gasteiger partial charge in [0.1, 0.15) is 0 Å². The highest BCUT2D eigenvalue weighted by Gasteiger charge is 2.35. The molecule has 56 valence electrons. The van der Waals surface area contributed by atoms with Gasteiger partial charge in [-0.15, -0.1) is 11.6 Å². The molecule has 0 amide bonds. The summed E-state index contributed by atoms with van der Waals surface area (Å²) in [4.78, 5) is 0. The first-order chi connectivity index (χ1) is 4.55. The van der Waals surface area contributed by atoms with Crippen LogP contribution in [0.15, 0.2) is 23.3 Å². The third-order valence-corrected chi connectivity index (χ3v) is 3.51. The van der Waals surface area contributed by atoms with Crippen molar-refractivity contribution in [2.75, 3.05) is 0 Å². The fourth-order valence-electron chi connectivity index (χ4n) is 0.614. The molecule has 1 nitrogen and oxygen atoms in total. The minimum absolute atomic E-state index is 0.301. The van der Waals surface area contributed by atoms with Crippen LogP contribution in [0.2, 0.25) is 0 Å². The molecule has 2 unspecified atom stereocenters. The molecule has 0 saturated carbocycles. The first kappa shape index (κ1) is 8.60. The van der Waals surface area contributed by atoms with Crippen molar-refractivity contribution in [2.45, 2.75) is 9.89 Å². The predicted octanol–water partition coefficient (Wildman–Crippen LogP) is 2.37. The third-order valence-electron chi connectivity index (χ3n) is 1.22. The number of rotatable bonds is 0. The largest absolute Gasteiger partial charge is 0.372 e. The van der Waals surface area contributed by atoms with Crippen molar-refractivity contribution in [2.24, 2.45) is 0 Å². The van der Waals surface area contributed by atoms with E-state index < -0.39 is 9.89 Å². The summed E-state index contributed by atoms with van der Waals surface area (Å²) in [7, 11) is 0. The number of hydrogen-bond acceptors (Lipinski definition) is 1. The molecular formula is C6H5BrCl2O. The van der Waals surface area contributed by atoms with Crippen molar-refractivity contribution in [1.82, 2.24) is 0 Å². The van der Waals surface area contributed by atoms with Gasteiger partial charge in [-0.3, -0.25) is 0 Å². The van der Waals surface area contributed by atoms with Crippen molar-refractivity contribution in [3.05, 3.63) is 23.3 Å². The monoisotopic (exact) mass is 242 g/mol. The Kier molecular flexibility index (Phi) is 2.46. The van der Waals surface area contributed by atoms with Gasteiger partial charge < -0.3 is 5.11 Å². The number of hydrogen-bond donors (Lipinski definition) is 1. The lowest BCUT2D eigenvalue weighted by Gasteiger charge is -2.25. The van der Waals surface area contributed by atoms with Crippen LogP contribution < -0.4 is 0 Å². The molecule has 1 aliphatic rings. The number of halogens is 3. The highest BCUT2D eigenvalue weighted by atomic mass is 79.9. The molecule has 1 N–H and O–H groups in total. The normalized spacial score (nSPS) is 39.6. The van der Waals surface area contributed by atoms with Crippen LogP contribution in [0.5, 0.6) is 0 Å². The molecule has 0 aromatic carbocycles. The van der Waals surface area contributed by atoms with Gasteiger partial charge in [0.2, 0.25) is 0 Å². The van der Waals surface area contributed by atoms with Crippen molar-refractivity contribution in [1.29, 1.82) is 0 Å². The highest BCUT2D eigenvalue weighted by Crippen LogP contribution is 2.37. The molecule has 10 heavy (non-hydrogen) atoms. The highest BCUT2D eigenvalue weighted by molar-refractivity contribution is 9.10. The second kappa shape index (κ2) is 2.86. The van der Waals surface area contributed by atoms with Gasteiger partial charge in [0.25, 0.3) is 0 Å². The Balaban J connectivity index is 2.93. The van der Waals surface area contributed by atoms with E-state index >= 15 is 0 Å². The molecule has 4 heteroatoms. The molecule has 0 bridgehead atoms. The molecule has 0 aliphatic heterocycles. The molecule has 0 radical (unpaired) electrons. The van der Waals surface area contributed by atoms with Gasteiger partial charge in [0.15, 0.2) is 4.51 Å². The maximum absolute atomic E-state index is 9.44. The zero-order valence-corrected chi connectivity index (χ0v) is 7.99.